The topological polar surface area (TPSA) is 29.1 Å². The van der Waals surface area contributed by atoms with Crippen molar-refractivity contribution in [1.82, 2.24) is 5.32 Å². The molecule has 0 radical (unpaired) electrons. The number of amides is 1. The van der Waals surface area contributed by atoms with Gasteiger partial charge >= 0.3 is 0 Å². The minimum absolute atomic E-state index is 0.0592. The Morgan fingerprint density at radius 1 is 1.25 bits per heavy atom. The third-order valence-corrected chi connectivity index (χ3v) is 5.10. The SMILES string of the molecule is CC[C@@H](C(=O)NCc1cc(C2CC2)ccc1F)c1ccc(Br)cc1. The van der Waals surface area contributed by atoms with Gasteiger partial charge in [0.05, 0.1) is 5.92 Å². The summed E-state index contributed by atoms with van der Waals surface area (Å²) in [6.07, 6.45) is 3.07. The van der Waals surface area contributed by atoms with Gasteiger partial charge in [-0.25, -0.2) is 4.39 Å². The van der Waals surface area contributed by atoms with E-state index >= 15 is 0 Å². The molecule has 0 aliphatic heterocycles. The molecule has 1 amide bonds. The van der Waals surface area contributed by atoms with Gasteiger partial charge in [0, 0.05) is 16.6 Å². The molecule has 1 N–H and O–H groups in total. The lowest BCUT2D eigenvalue weighted by atomic mass is 9.95. The number of carbonyl (C=O) groups excluding carboxylic acids is 1. The average Bonchev–Trinajstić information content (AvgIpc) is 3.41. The lowest BCUT2D eigenvalue weighted by molar-refractivity contribution is -0.122. The van der Waals surface area contributed by atoms with Gasteiger partial charge in [0.25, 0.3) is 0 Å². The predicted molar refractivity (Wildman–Crippen MR) is 97.4 cm³/mol. The van der Waals surface area contributed by atoms with E-state index in [0.29, 0.717) is 17.9 Å². The summed E-state index contributed by atoms with van der Waals surface area (Å²) in [5, 5.41) is 2.90. The number of hydrogen-bond donors (Lipinski definition) is 1. The molecule has 0 aromatic heterocycles. The maximum absolute atomic E-state index is 14.0. The number of carbonyl (C=O) groups is 1. The highest BCUT2D eigenvalue weighted by Gasteiger charge is 2.24. The van der Waals surface area contributed by atoms with Crippen LogP contribution in [0.3, 0.4) is 0 Å². The second kappa shape index (κ2) is 7.47. The second-order valence-electron chi connectivity index (χ2n) is 6.36. The van der Waals surface area contributed by atoms with Crippen molar-refractivity contribution in [1.29, 1.82) is 0 Å². The third-order valence-electron chi connectivity index (χ3n) is 4.57. The van der Waals surface area contributed by atoms with E-state index in [4.69, 9.17) is 0 Å². The van der Waals surface area contributed by atoms with Crippen LogP contribution in [-0.4, -0.2) is 5.91 Å². The minimum Gasteiger partial charge on any atom is -0.351 e. The quantitative estimate of drug-likeness (QED) is 0.715. The van der Waals surface area contributed by atoms with Gasteiger partial charge in [-0.2, -0.15) is 0 Å². The molecule has 1 atom stereocenters. The molecule has 4 heteroatoms. The molecular weight excluding hydrogens is 369 g/mol. The summed E-state index contributed by atoms with van der Waals surface area (Å²) in [6, 6.07) is 13.0. The maximum atomic E-state index is 14.0. The van der Waals surface area contributed by atoms with E-state index in [1.54, 1.807) is 0 Å². The van der Waals surface area contributed by atoms with E-state index < -0.39 is 0 Å². The molecule has 0 bridgehead atoms. The van der Waals surface area contributed by atoms with Gasteiger partial charge in [-0.05, 0) is 54.5 Å². The molecule has 0 saturated heterocycles. The first kappa shape index (κ1) is 17.2. The molecule has 3 rings (SSSR count). The Kier molecular flexibility index (Phi) is 5.34. The van der Waals surface area contributed by atoms with Crippen LogP contribution in [0.25, 0.3) is 0 Å². The van der Waals surface area contributed by atoms with Crippen molar-refractivity contribution < 1.29 is 9.18 Å². The fourth-order valence-corrected chi connectivity index (χ4v) is 3.24. The Morgan fingerprint density at radius 2 is 1.96 bits per heavy atom. The molecule has 0 spiro atoms. The van der Waals surface area contributed by atoms with E-state index in [2.05, 4.69) is 21.2 Å². The number of benzene rings is 2. The third kappa shape index (κ3) is 4.04. The summed E-state index contributed by atoms with van der Waals surface area (Å²) in [5.74, 6) is 0.0476. The van der Waals surface area contributed by atoms with Gasteiger partial charge < -0.3 is 5.32 Å². The van der Waals surface area contributed by atoms with E-state index in [9.17, 15) is 9.18 Å². The fraction of sp³-hybridized carbons (Fsp3) is 0.350. The molecule has 2 nitrogen and oxygen atoms in total. The summed E-state index contributed by atoms with van der Waals surface area (Å²) in [5.41, 5.74) is 2.73. The molecule has 1 fully saturated rings. The zero-order chi connectivity index (χ0) is 17.1. The van der Waals surface area contributed by atoms with Crippen LogP contribution in [0.15, 0.2) is 46.9 Å². The highest BCUT2D eigenvalue weighted by molar-refractivity contribution is 9.10. The van der Waals surface area contributed by atoms with Crippen LogP contribution in [0.2, 0.25) is 0 Å². The van der Waals surface area contributed by atoms with Crippen LogP contribution in [0.1, 0.15) is 54.7 Å². The monoisotopic (exact) mass is 389 g/mol. The molecule has 2 aromatic rings. The van der Waals surface area contributed by atoms with Crippen LogP contribution in [0.5, 0.6) is 0 Å². The first-order valence-corrected chi connectivity index (χ1v) is 9.19. The van der Waals surface area contributed by atoms with Crippen molar-refractivity contribution in [3.8, 4) is 0 Å². The molecule has 0 heterocycles. The lowest BCUT2D eigenvalue weighted by Crippen LogP contribution is -2.29. The van der Waals surface area contributed by atoms with Crippen molar-refractivity contribution in [3.63, 3.8) is 0 Å². The summed E-state index contributed by atoms with van der Waals surface area (Å²) in [7, 11) is 0. The van der Waals surface area contributed by atoms with Gasteiger partial charge in [-0.3, -0.25) is 4.79 Å². The van der Waals surface area contributed by atoms with E-state index in [1.165, 1.54) is 24.5 Å². The van der Waals surface area contributed by atoms with Crippen LogP contribution < -0.4 is 5.32 Å². The Hall–Kier alpha value is -1.68. The number of rotatable bonds is 6. The lowest BCUT2D eigenvalue weighted by Gasteiger charge is -2.16. The smallest absolute Gasteiger partial charge is 0.227 e. The van der Waals surface area contributed by atoms with Gasteiger partial charge in [-0.15, -0.1) is 0 Å². The van der Waals surface area contributed by atoms with Gasteiger partial charge in [0.2, 0.25) is 5.91 Å². The molecule has 1 saturated carbocycles. The molecule has 2 aromatic carbocycles. The summed E-state index contributed by atoms with van der Waals surface area (Å²) < 4.78 is 15.0. The van der Waals surface area contributed by atoms with E-state index in [-0.39, 0.29) is 24.2 Å². The predicted octanol–water partition coefficient (Wildman–Crippen LogP) is 5.28. The van der Waals surface area contributed by atoms with Crippen LogP contribution in [-0.2, 0) is 11.3 Å². The van der Waals surface area contributed by atoms with Crippen molar-refractivity contribution >= 4 is 21.8 Å². The van der Waals surface area contributed by atoms with Crippen molar-refractivity contribution in [2.75, 3.05) is 0 Å². The number of hydrogen-bond acceptors (Lipinski definition) is 1. The first-order valence-electron chi connectivity index (χ1n) is 8.40. The molecule has 1 aliphatic carbocycles. The van der Waals surface area contributed by atoms with Crippen LogP contribution in [0.4, 0.5) is 4.39 Å². The van der Waals surface area contributed by atoms with Crippen LogP contribution >= 0.6 is 15.9 Å². The highest BCUT2D eigenvalue weighted by atomic mass is 79.9. The fourth-order valence-electron chi connectivity index (χ4n) is 2.97. The maximum Gasteiger partial charge on any atom is 0.227 e. The number of halogens is 2. The molecule has 1 aliphatic rings. The minimum atomic E-state index is -0.253. The highest BCUT2D eigenvalue weighted by Crippen LogP contribution is 2.40. The Balaban J connectivity index is 1.67. The Morgan fingerprint density at radius 3 is 2.58 bits per heavy atom. The number of nitrogens with one attached hydrogen (secondary N) is 1. The summed E-state index contributed by atoms with van der Waals surface area (Å²) >= 11 is 3.40. The average molecular weight is 390 g/mol. The van der Waals surface area contributed by atoms with Crippen LogP contribution in [0, 0.1) is 5.82 Å². The summed E-state index contributed by atoms with van der Waals surface area (Å²) in [6.45, 7) is 2.22. The molecule has 24 heavy (non-hydrogen) atoms. The Labute approximate surface area is 150 Å². The van der Waals surface area contributed by atoms with Crippen molar-refractivity contribution in [2.24, 2.45) is 0 Å². The zero-order valence-electron chi connectivity index (χ0n) is 13.7. The zero-order valence-corrected chi connectivity index (χ0v) is 15.3. The Bertz CT molecular complexity index is 725. The molecular formula is C20H21BrFNO. The van der Waals surface area contributed by atoms with Gasteiger partial charge in [-0.1, -0.05) is 47.1 Å². The van der Waals surface area contributed by atoms with Gasteiger partial charge in [0.15, 0.2) is 0 Å². The standard InChI is InChI=1S/C20H21BrFNO/c1-2-18(14-5-8-17(21)9-6-14)20(24)23-12-16-11-15(13-3-4-13)7-10-19(16)22/h5-11,13,18H,2-4,12H2,1H3,(H,23,24)/t18-/m1/s1. The largest absolute Gasteiger partial charge is 0.351 e. The molecule has 0 unspecified atom stereocenters. The van der Waals surface area contributed by atoms with Crippen molar-refractivity contribution in [3.05, 3.63) is 69.4 Å². The summed E-state index contributed by atoms with van der Waals surface area (Å²) in [4.78, 5) is 12.5. The normalized spacial score (nSPS) is 15.1. The first-order chi connectivity index (χ1) is 11.6. The van der Waals surface area contributed by atoms with Crippen molar-refractivity contribution in [2.45, 2.75) is 44.6 Å². The molecule has 126 valence electrons. The van der Waals surface area contributed by atoms with Gasteiger partial charge in [0.1, 0.15) is 5.82 Å². The van der Waals surface area contributed by atoms with E-state index in [1.807, 2.05) is 43.3 Å². The van der Waals surface area contributed by atoms with E-state index in [0.717, 1.165) is 10.0 Å². The second-order valence-corrected chi connectivity index (χ2v) is 7.27.